The third kappa shape index (κ3) is 3.47. The molecule has 0 atom stereocenters. The van der Waals surface area contributed by atoms with Gasteiger partial charge in [-0.1, -0.05) is 24.3 Å². The van der Waals surface area contributed by atoms with Crippen molar-refractivity contribution in [2.45, 2.75) is 11.4 Å². The fraction of sp³-hybridized carbons (Fsp3) is 0.222. The summed E-state index contributed by atoms with van der Waals surface area (Å²) in [4.78, 5) is 12.8. The minimum absolute atomic E-state index is 0.0358. The van der Waals surface area contributed by atoms with Gasteiger partial charge in [-0.2, -0.15) is 26.3 Å². The summed E-state index contributed by atoms with van der Waals surface area (Å²) in [7, 11) is -5.96. The number of rotatable bonds is 4. The zero-order valence-electron chi connectivity index (χ0n) is 14.6. The average Bonchev–Trinajstić information content (AvgIpc) is 2.62. The van der Waals surface area contributed by atoms with E-state index in [2.05, 4.69) is 9.28 Å². The first-order chi connectivity index (χ1) is 13.7. The number of aromatic nitrogens is 2. The molecule has 29 heavy (non-hydrogen) atoms. The number of nitrogens with zero attached hydrogens (tertiary/aromatic N) is 2. The van der Waals surface area contributed by atoms with Crippen LogP contribution in [-0.4, -0.2) is 36.9 Å². The van der Waals surface area contributed by atoms with Gasteiger partial charge in [0.05, 0.1) is 29.7 Å². The second-order valence-corrected chi connectivity index (χ2v) is 7.91. The van der Waals surface area contributed by atoms with Crippen LogP contribution in [0, 0.1) is 0 Å². The van der Waals surface area contributed by atoms with Crippen molar-refractivity contribution in [1.29, 1.82) is 0 Å². The van der Waals surface area contributed by atoms with Gasteiger partial charge in [0.1, 0.15) is 0 Å². The molecule has 0 spiro atoms. The van der Waals surface area contributed by atoms with Crippen LogP contribution in [-0.2, 0) is 14.9 Å². The number of fused-ring (bicyclic) bond motifs is 1. The molecule has 1 aliphatic heterocycles. The molecule has 11 heteroatoms. The van der Waals surface area contributed by atoms with Crippen LogP contribution >= 0.6 is 0 Å². The molecule has 152 valence electrons. The summed E-state index contributed by atoms with van der Waals surface area (Å²) in [5, 5.41) is 3.57. The molecule has 0 saturated carbocycles. The van der Waals surface area contributed by atoms with Crippen molar-refractivity contribution in [1.82, 2.24) is 9.78 Å². The Morgan fingerprint density at radius 2 is 1.66 bits per heavy atom. The van der Waals surface area contributed by atoms with Gasteiger partial charge >= 0.3 is 15.6 Å². The molecule has 3 aromatic rings. The van der Waals surface area contributed by atoms with Gasteiger partial charge in [-0.15, -0.1) is 5.10 Å². The van der Waals surface area contributed by atoms with Gasteiger partial charge in [-0.3, -0.25) is 4.79 Å². The largest absolute Gasteiger partial charge is 0.534 e. The minimum Gasteiger partial charge on any atom is -0.380 e. The zero-order valence-corrected chi connectivity index (χ0v) is 15.4. The molecular formula is C18H13F3N2O5S. The van der Waals surface area contributed by atoms with Gasteiger partial charge < -0.3 is 8.92 Å². The van der Waals surface area contributed by atoms with Gasteiger partial charge in [0.2, 0.25) is 0 Å². The van der Waals surface area contributed by atoms with Crippen LogP contribution in [0.3, 0.4) is 0 Å². The van der Waals surface area contributed by atoms with Crippen molar-refractivity contribution in [2.75, 3.05) is 13.2 Å². The number of alkyl halides is 3. The van der Waals surface area contributed by atoms with Crippen molar-refractivity contribution in [3.8, 4) is 11.6 Å². The van der Waals surface area contributed by atoms with Gasteiger partial charge in [0, 0.05) is 5.92 Å². The summed E-state index contributed by atoms with van der Waals surface area (Å²) >= 11 is 0. The lowest BCUT2D eigenvalue weighted by Gasteiger charge is -2.26. The highest BCUT2D eigenvalue weighted by molar-refractivity contribution is 7.88. The normalized spacial score (nSPS) is 15.3. The average molecular weight is 426 g/mol. The molecule has 0 bridgehead atoms. The van der Waals surface area contributed by atoms with Crippen molar-refractivity contribution in [3.63, 3.8) is 0 Å². The van der Waals surface area contributed by atoms with Crippen LogP contribution in [0.25, 0.3) is 16.5 Å². The molecule has 1 saturated heterocycles. The number of hydrogen-bond acceptors (Lipinski definition) is 6. The van der Waals surface area contributed by atoms with Crippen LogP contribution in [0.1, 0.15) is 11.5 Å². The number of benzene rings is 2. The highest BCUT2D eigenvalue weighted by Crippen LogP contribution is 2.30. The maximum Gasteiger partial charge on any atom is 0.534 e. The van der Waals surface area contributed by atoms with E-state index in [0.717, 1.165) is 10.2 Å². The number of halogens is 3. The van der Waals surface area contributed by atoms with Crippen LogP contribution in [0.5, 0.6) is 5.88 Å². The van der Waals surface area contributed by atoms with Crippen LogP contribution < -0.4 is 9.74 Å². The summed E-state index contributed by atoms with van der Waals surface area (Å²) in [6.07, 6.45) is 0. The van der Waals surface area contributed by atoms with Gasteiger partial charge in [-0.05, 0) is 29.8 Å². The SMILES string of the molecule is O=c1c2ccccc2c(OS(=O)(=O)C(F)(F)F)nn1-c1ccc(C2COC2)cc1. The van der Waals surface area contributed by atoms with Gasteiger partial charge in [-0.25, -0.2) is 0 Å². The fourth-order valence-electron chi connectivity index (χ4n) is 2.86. The fourth-order valence-corrected chi connectivity index (χ4v) is 3.29. The molecule has 2 heterocycles. The Balaban J connectivity index is 1.85. The van der Waals surface area contributed by atoms with E-state index in [1.165, 1.54) is 24.3 Å². The summed E-state index contributed by atoms with van der Waals surface area (Å²) in [6, 6.07) is 12.2. The van der Waals surface area contributed by atoms with Crippen LogP contribution in [0.2, 0.25) is 0 Å². The van der Waals surface area contributed by atoms with E-state index in [0.29, 0.717) is 13.2 Å². The Morgan fingerprint density at radius 1 is 1.03 bits per heavy atom. The Morgan fingerprint density at radius 3 is 2.21 bits per heavy atom. The topological polar surface area (TPSA) is 87.5 Å². The predicted octanol–water partition coefficient (Wildman–Crippen LogP) is 2.73. The molecule has 0 aliphatic carbocycles. The number of ether oxygens (including phenoxy) is 1. The van der Waals surface area contributed by atoms with Crippen molar-refractivity contribution in [2.24, 2.45) is 0 Å². The first kappa shape index (κ1) is 19.4. The highest BCUT2D eigenvalue weighted by atomic mass is 32.2. The lowest BCUT2D eigenvalue weighted by atomic mass is 9.97. The molecule has 1 aromatic heterocycles. The molecule has 7 nitrogen and oxygen atoms in total. The molecule has 2 aromatic carbocycles. The molecule has 0 unspecified atom stereocenters. The van der Waals surface area contributed by atoms with Gasteiger partial charge in [0.25, 0.3) is 11.4 Å². The summed E-state index contributed by atoms with van der Waals surface area (Å²) in [6.45, 7) is 1.17. The Hall–Kier alpha value is -2.92. The Bertz CT molecular complexity index is 1230. The smallest absolute Gasteiger partial charge is 0.380 e. The standard InChI is InChI=1S/C18H13F3N2O5S/c19-18(20,21)29(25,26)28-16-14-3-1-2-4-15(14)17(24)23(22-16)13-7-5-11(6-8-13)12-9-27-10-12/h1-8,12H,9-10H2. The zero-order chi connectivity index (χ0) is 20.8. The van der Waals surface area contributed by atoms with Crippen molar-refractivity contribution < 1.29 is 30.5 Å². The quantitative estimate of drug-likeness (QED) is 0.471. The van der Waals surface area contributed by atoms with E-state index in [-0.39, 0.29) is 22.4 Å². The maximum absolute atomic E-state index is 12.8. The monoisotopic (exact) mass is 426 g/mol. The van der Waals surface area contributed by atoms with Crippen LogP contribution in [0.4, 0.5) is 13.2 Å². The lowest BCUT2D eigenvalue weighted by molar-refractivity contribution is -0.0501. The third-order valence-electron chi connectivity index (χ3n) is 4.49. The molecular weight excluding hydrogens is 413 g/mol. The van der Waals surface area contributed by atoms with E-state index in [1.54, 1.807) is 24.3 Å². The van der Waals surface area contributed by atoms with E-state index in [9.17, 15) is 26.4 Å². The summed E-state index contributed by atoms with van der Waals surface area (Å²) in [5.74, 6) is -0.602. The van der Waals surface area contributed by atoms with E-state index >= 15 is 0 Å². The summed E-state index contributed by atoms with van der Waals surface area (Å²) < 4.78 is 71.4. The third-order valence-corrected chi connectivity index (χ3v) is 5.43. The first-order valence-corrected chi connectivity index (χ1v) is 9.79. The molecule has 0 N–H and O–H groups in total. The Kier molecular flexibility index (Phi) is 4.58. The van der Waals surface area contributed by atoms with Crippen molar-refractivity contribution in [3.05, 3.63) is 64.4 Å². The van der Waals surface area contributed by atoms with E-state index < -0.39 is 27.1 Å². The summed E-state index contributed by atoms with van der Waals surface area (Å²) in [5.41, 5.74) is -5.04. The molecule has 4 rings (SSSR count). The molecule has 1 fully saturated rings. The van der Waals surface area contributed by atoms with E-state index in [4.69, 9.17) is 4.74 Å². The molecule has 0 amide bonds. The van der Waals surface area contributed by atoms with Crippen LogP contribution in [0.15, 0.2) is 53.3 Å². The highest BCUT2D eigenvalue weighted by Gasteiger charge is 2.49. The molecule has 0 radical (unpaired) electrons. The molecule has 1 aliphatic rings. The van der Waals surface area contributed by atoms with E-state index in [1.807, 2.05) is 0 Å². The van der Waals surface area contributed by atoms with Gasteiger partial charge in [0.15, 0.2) is 0 Å². The van der Waals surface area contributed by atoms with Crippen molar-refractivity contribution >= 4 is 20.9 Å². The Labute approximate surface area is 162 Å². The first-order valence-electron chi connectivity index (χ1n) is 8.38. The minimum atomic E-state index is -5.96. The second kappa shape index (κ2) is 6.85. The maximum atomic E-state index is 12.8. The predicted molar refractivity (Wildman–Crippen MR) is 96.5 cm³/mol. The second-order valence-electron chi connectivity index (χ2n) is 6.38. The number of hydrogen-bond donors (Lipinski definition) is 0. The lowest BCUT2D eigenvalue weighted by Crippen LogP contribution is -2.30.